The van der Waals surface area contributed by atoms with Gasteiger partial charge in [0, 0.05) is 19.3 Å². The molecule has 0 heterocycles. The van der Waals surface area contributed by atoms with Gasteiger partial charge in [0.1, 0.15) is 5.75 Å². The second-order valence-corrected chi connectivity index (χ2v) is 10.9. The molecule has 0 atom stereocenters. The molecule has 174 valence electrons. The molecule has 33 heavy (non-hydrogen) atoms. The topological polar surface area (TPSA) is 75.7 Å². The Hall–Kier alpha value is -3.16. The highest BCUT2D eigenvalue weighted by Gasteiger charge is 2.21. The fraction of sp³-hybridized carbons (Fsp3) is 0.269. The summed E-state index contributed by atoms with van der Waals surface area (Å²) in [6.07, 6.45) is 0. The van der Waals surface area contributed by atoms with E-state index >= 15 is 0 Å². The van der Waals surface area contributed by atoms with Crippen LogP contribution < -0.4 is 10.1 Å². The van der Waals surface area contributed by atoms with Gasteiger partial charge < -0.3 is 10.1 Å². The highest BCUT2D eigenvalue weighted by molar-refractivity contribution is 7.89. The first kappa shape index (κ1) is 24.5. The van der Waals surface area contributed by atoms with Gasteiger partial charge in [0.15, 0.2) is 6.61 Å². The van der Waals surface area contributed by atoms with E-state index in [0.717, 1.165) is 11.1 Å². The van der Waals surface area contributed by atoms with Crippen LogP contribution in [-0.2, 0) is 26.8 Å². The van der Waals surface area contributed by atoms with E-state index in [2.05, 4.69) is 26.1 Å². The Balaban J connectivity index is 1.61. The third-order valence-corrected chi connectivity index (χ3v) is 6.97. The summed E-state index contributed by atoms with van der Waals surface area (Å²) in [6, 6.07) is 23.2. The fourth-order valence-electron chi connectivity index (χ4n) is 3.37. The number of hydrogen-bond acceptors (Lipinski definition) is 4. The minimum Gasteiger partial charge on any atom is -0.483 e. The molecule has 0 fully saturated rings. The molecule has 0 aliphatic carbocycles. The molecule has 3 aromatic carbocycles. The Morgan fingerprint density at radius 1 is 0.909 bits per heavy atom. The summed E-state index contributed by atoms with van der Waals surface area (Å²) in [5, 5.41) is 2.75. The maximum absolute atomic E-state index is 12.9. The molecule has 3 rings (SSSR count). The average molecular weight is 467 g/mol. The van der Waals surface area contributed by atoms with E-state index in [4.69, 9.17) is 4.74 Å². The highest BCUT2D eigenvalue weighted by Crippen LogP contribution is 2.31. The minimum absolute atomic E-state index is 0.109. The first-order valence-electron chi connectivity index (χ1n) is 10.7. The molecule has 0 bridgehead atoms. The third-order valence-electron chi connectivity index (χ3n) is 5.15. The number of benzene rings is 3. The van der Waals surface area contributed by atoms with Crippen LogP contribution in [0.2, 0.25) is 0 Å². The van der Waals surface area contributed by atoms with Gasteiger partial charge in [-0.15, -0.1) is 0 Å². The second kappa shape index (κ2) is 10.2. The van der Waals surface area contributed by atoms with Gasteiger partial charge in [0.25, 0.3) is 5.91 Å². The van der Waals surface area contributed by atoms with E-state index in [1.807, 2.05) is 54.6 Å². The van der Waals surface area contributed by atoms with Gasteiger partial charge in [0.2, 0.25) is 10.0 Å². The number of rotatable bonds is 8. The number of hydrogen-bond donors (Lipinski definition) is 1. The van der Waals surface area contributed by atoms with Crippen LogP contribution in [0.3, 0.4) is 0 Å². The van der Waals surface area contributed by atoms with Crippen LogP contribution in [0.4, 0.5) is 5.69 Å². The number of carbonyl (C=O) groups excluding carboxylic acids is 1. The zero-order chi connectivity index (χ0) is 24.1. The summed E-state index contributed by atoms with van der Waals surface area (Å²) < 4.78 is 32.8. The standard InChI is InChI=1S/C26H30N2O4S/c1-26(2,3)23-12-8-9-13-24(23)32-19-25(29)27-21-14-16-22(17-15-21)33(30,31)28(4)18-20-10-6-5-7-11-20/h5-17H,18-19H2,1-4H3,(H,27,29). The van der Waals surface area contributed by atoms with E-state index in [1.165, 1.54) is 16.4 Å². The number of carbonyl (C=O) groups is 1. The van der Waals surface area contributed by atoms with Crippen molar-refractivity contribution >= 4 is 21.6 Å². The number of sulfonamides is 1. The molecule has 0 aliphatic heterocycles. The van der Waals surface area contributed by atoms with Gasteiger partial charge in [-0.2, -0.15) is 4.31 Å². The average Bonchev–Trinajstić information content (AvgIpc) is 2.78. The normalized spacial score (nSPS) is 11.9. The van der Waals surface area contributed by atoms with Crippen LogP contribution in [0.1, 0.15) is 31.9 Å². The van der Waals surface area contributed by atoms with Gasteiger partial charge in [-0.05, 0) is 46.9 Å². The molecule has 1 N–H and O–H groups in total. The van der Waals surface area contributed by atoms with Crippen molar-refractivity contribution in [2.75, 3.05) is 19.0 Å². The van der Waals surface area contributed by atoms with E-state index < -0.39 is 10.0 Å². The van der Waals surface area contributed by atoms with Crippen molar-refractivity contribution in [3.05, 3.63) is 90.0 Å². The molecular weight excluding hydrogens is 436 g/mol. The van der Waals surface area contributed by atoms with Crippen molar-refractivity contribution in [3.8, 4) is 5.75 Å². The Kier molecular flexibility index (Phi) is 7.56. The molecule has 0 saturated carbocycles. The summed E-state index contributed by atoms with van der Waals surface area (Å²) in [5.41, 5.74) is 2.31. The lowest BCUT2D eigenvalue weighted by Gasteiger charge is -2.22. The van der Waals surface area contributed by atoms with Crippen molar-refractivity contribution in [1.82, 2.24) is 4.31 Å². The quantitative estimate of drug-likeness (QED) is 0.516. The lowest BCUT2D eigenvalue weighted by atomic mass is 9.86. The summed E-state index contributed by atoms with van der Waals surface area (Å²) in [4.78, 5) is 12.5. The Bertz CT molecular complexity index is 1180. The highest BCUT2D eigenvalue weighted by atomic mass is 32.2. The molecule has 0 unspecified atom stereocenters. The molecule has 0 aliphatic rings. The van der Waals surface area contributed by atoms with Gasteiger partial charge >= 0.3 is 0 Å². The van der Waals surface area contributed by atoms with Crippen LogP contribution in [0, 0.1) is 0 Å². The van der Waals surface area contributed by atoms with Crippen LogP contribution in [0.25, 0.3) is 0 Å². The van der Waals surface area contributed by atoms with Crippen LogP contribution in [0.5, 0.6) is 5.75 Å². The lowest BCUT2D eigenvalue weighted by molar-refractivity contribution is -0.118. The lowest BCUT2D eigenvalue weighted by Crippen LogP contribution is -2.26. The second-order valence-electron chi connectivity index (χ2n) is 8.85. The Labute approximate surface area is 196 Å². The summed E-state index contributed by atoms with van der Waals surface area (Å²) in [7, 11) is -2.11. The summed E-state index contributed by atoms with van der Waals surface area (Å²) in [6.45, 7) is 6.38. The van der Waals surface area contributed by atoms with Crippen molar-refractivity contribution in [2.45, 2.75) is 37.6 Å². The third kappa shape index (κ3) is 6.43. The molecule has 0 spiro atoms. The number of nitrogens with one attached hydrogen (secondary N) is 1. The molecular formula is C26H30N2O4S. The monoisotopic (exact) mass is 466 g/mol. The smallest absolute Gasteiger partial charge is 0.262 e. The van der Waals surface area contributed by atoms with Crippen molar-refractivity contribution in [1.29, 1.82) is 0 Å². The van der Waals surface area contributed by atoms with Crippen molar-refractivity contribution in [2.24, 2.45) is 0 Å². The molecule has 0 radical (unpaired) electrons. The number of ether oxygens (including phenoxy) is 1. The SMILES string of the molecule is CN(Cc1ccccc1)S(=O)(=O)c1ccc(NC(=O)COc2ccccc2C(C)(C)C)cc1. The summed E-state index contributed by atoms with van der Waals surface area (Å²) in [5.74, 6) is 0.346. The molecule has 0 aromatic heterocycles. The zero-order valence-electron chi connectivity index (χ0n) is 19.4. The van der Waals surface area contributed by atoms with Crippen LogP contribution in [-0.4, -0.2) is 32.3 Å². The van der Waals surface area contributed by atoms with E-state index in [-0.39, 0.29) is 29.4 Å². The van der Waals surface area contributed by atoms with Gasteiger partial charge in [-0.1, -0.05) is 69.3 Å². The molecule has 1 amide bonds. The first-order chi connectivity index (χ1) is 15.6. The molecule has 3 aromatic rings. The number of anilines is 1. The fourth-order valence-corrected chi connectivity index (χ4v) is 4.53. The van der Waals surface area contributed by atoms with Gasteiger partial charge in [-0.3, -0.25) is 4.79 Å². The Morgan fingerprint density at radius 2 is 1.52 bits per heavy atom. The predicted octanol–water partition coefficient (Wildman–Crippen LogP) is 4.82. The number of para-hydroxylation sites is 1. The molecule has 0 saturated heterocycles. The minimum atomic E-state index is -3.65. The molecule has 6 nitrogen and oxygen atoms in total. The van der Waals surface area contributed by atoms with Gasteiger partial charge in [-0.25, -0.2) is 8.42 Å². The molecule has 7 heteroatoms. The largest absolute Gasteiger partial charge is 0.483 e. The van der Waals surface area contributed by atoms with Crippen molar-refractivity contribution < 1.29 is 17.9 Å². The number of amides is 1. The Morgan fingerprint density at radius 3 is 2.15 bits per heavy atom. The van der Waals surface area contributed by atoms with Crippen LogP contribution >= 0.6 is 0 Å². The predicted molar refractivity (Wildman–Crippen MR) is 131 cm³/mol. The maximum atomic E-state index is 12.9. The van der Waals surface area contributed by atoms with Crippen LogP contribution in [0.15, 0.2) is 83.8 Å². The van der Waals surface area contributed by atoms with Gasteiger partial charge in [0.05, 0.1) is 4.90 Å². The first-order valence-corrected chi connectivity index (χ1v) is 12.1. The van der Waals surface area contributed by atoms with E-state index in [9.17, 15) is 13.2 Å². The van der Waals surface area contributed by atoms with E-state index in [1.54, 1.807) is 19.2 Å². The number of nitrogens with zero attached hydrogens (tertiary/aromatic N) is 1. The summed E-state index contributed by atoms with van der Waals surface area (Å²) >= 11 is 0. The van der Waals surface area contributed by atoms with E-state index in [0.29, 0.717) is 11.4 Å². The zero-order valence-corrected chi connectivity index (χ0v) is 20.2. The van der Waals surface area contributed by atoms with Crippen molar-refractivity contribution in [3.63, 3.8) is 0 Å². The maximum Gasteiger partial charge on any atom is 0.262 e.